The number of benzene rings is 2. The molecule has 0 bridgehead atoms. The van der Waals surface area contributed by atoms with Gasteiger partial charge in [0.25, 0.3) is 5.89 Å². The second kappa shape index (κ2) is 5.61. The van der Waals surface area contributed by atoms with Crippen LogP contribution in [0, 0.1) is 6.92 Å². The molecule has 106 valence electrons. The van der Waals surface area contributed by atoms with E-state index in [0.29, 0.717) is 17.4 Å². The molecule has 0 aliphatic heterocycles. The third kappa shape index (κ3) is 3.01. The Morgan fingerprint density at radius 3 is 2.57 bits per heavy atom. The maximum absolute atomic E-state index is 5.83. The molecule has 0 atom stereocenters. The molecule has 0 aliphatic carbocycles. The minimum atomic E-state index is 0.445. The van der Waals surface area contributed by atoms with Crippen LogP contribution in [0.4, 0.5) is 5.69 Å². The van der Waals surface area contributed by atoms with Crippen molar-refractivity contribution in [2.45, 2.75) is 6.92 Å². The summed E-state index contributed by atoms with van der Waals surface area (Å²) in [7, 11) is 0. The van der Waals surface area contributed by atoms with Crippen LogP contribution in [0.25, 0.3) is 22.8 Å². The third-order valence-electron chi connectivity index (χ3n) is 3.02. The molecule has 0 aliphatic rings. The van der Waals surface area contributed by atoms with Crippen LogP contribution in [0.5, 0.6) is 0 Å². The Hall–Kier alpha value is -1.66. The number of hydrogen-bond acceptors (Lipinski definition) is 4. The lowest BCUT2D eigenvalue weighted by Crippen LogP contribution is -1.87. The zero-order chi connectivity index (χ0) is 15.0. The van der Waals surface area contributed by atoms with Gasteiger partial charge in [-0.3, -0.25) is 0 Å². The summed E-state index contributed by atoms with van der Waals surface area (Å²) in [5.41, 5.74) is 9.27. The van der Waals surface area contributed by atoms with E-state index in [1.807, 2.05) is 37.3 Å². The number of hydrogen-bond donors (Lipinski definition) is 1. The Bertz CT molecular complexity index is 794. The van der Waals surface area contributed by atoms with Gasteiger partial charge in [-0.05, 0) is 48.9 Å². The Balaban J connectivity index is 2.03. The SMILES string of the molecule is Cc1cc(Br)ccc1-c1noc(-c2cc(N)cc(Br)c2)n1. The Kier molecular flexibility index (Phi) is 3.82. The van der Waals surface area contributed by atoms with Crippen LogP contribution in [-0.4, -0.2) is 10.1 Å². The number of nitrogen functional groups attached to an aromatic ring is 1. The number of anilines is 1. The van der Waals surface area contributed by atoms with Crippen molar-refractivity contribution in [1.82, 2.24) is 10.1 Å². The van der Waals surface area contributed by atoms with Crippen molar-refractivity contribution < 1.29 is 4.52 Å². The summed E-state index contributed by atoms with van der Waals surface area (Å²) in [5.74, 6) is 1.01. The van der Waals surface area contributed by atoms with E-state index in [-0.39, 0.29) is 0 Å². The minimum absolute atomic E-state index is 0.445. The fraction of sp³-hybridized carbons (Fsp3) is 0.0667. The molecule has 3 rings (SSSR count). The van der Waals surface area contributed by atoms with Gasteiger partial charge in [0.1, 0.15) is 0 Å². The molecule has 4 nitrogen and oxygen atoms in total. The van der Waals surface area contributed by atoms with E-state index in [1.54, 1.807) is 6.07 Å². The highest BCUT2D eigenvalue weighted by molar-refractivity contribution is 9.10. The molecule has 0 amide bonds. The lowest BCUT2D eigenvalue weighted by Gasteiger charge is -2.01. The largest absolute Gasteiger partial charge is 0.399 e. The molecule has 21 heavy (non-hydrogen) atoms. The number of aryl methyl sites for hydroxylation is 1. The van der Waals surface area contributed by atoms with Crippen molar-refractivity contribution in [3.63, 3.8) is 0 Å². The van der Waals surface area contributed by atoms with Gasteiger partial charge in [-0.1, -0.05) is 37.0 Å². The van der Waals surface area contributed by atoms with Crippen LogP contribution in [0.2, 0.25) is 0 Å². The monoisotopic (exact) mass is 407 g/mol. The molecule has 1 aromatic heterocycles. The van der Waals surface area contributed by atoms with Gasteiger partial charge >= 0.3 is 0 Å². The van der Waals surface area contributed by atoms with E-state index >= 15 is 0 Å². The minimum Gasteiger partial charge on any atom is -0.399 e. The van der Waals surface area contributed by atoms with Gasteiger partial charge in [0.2, 0.25) is 5.82 Å². The number of halogens is 2. The first-order valence-corrected chi connectivity index (χ1v) is 7.78. The van der Waals surface area contributed by atoms with E-state index in [2.05, 4.69) is 42.0 Å². The molecule has 3 aromatic rings. The predicted octanol–water partition coefficient (Wildman–Crippen LogP) is 4.82. The molecule has 0 unspecified atom stereocenters. The molecule has 0 spiro atoms. The Labute approximate surface area is 138 Å². The molecular formula is C15H11Br2N3O. The zero-order valence-electron chi connectivity index (χ0n) is 11.1. The van der Waals surface area contributed by atoms with Gasteiger partial charge in [-0.25, -0.2) is 0 Å². The van der Waals surface area contributed by atoms with Crippen molar-refractivity contribution in [3.05, 3.63) is 50.9 Å². The van der Waals surface area contributed by atoms with Crippen LogP contribution in [0.15, 0.2) is 49.9 Å². The summed E-state index contributed by atoms with van der Waals surface area (Å²) in [6.45, 7) is 2.01. The first kappa shape index (κ1) is 14.3. The maximum atomic E-state index is 5.83. The smallest absolute Gasteiger partial charge is 0.258 e. The number of nitrogens with zero attached hydrogens (tertiary/aromatic N) is 2. The molecule has 0 saturated heterocycles. The molecule has 0 saturated carbocycles. The van der Waals surface area contributed by atoms with Gasteiger partial charge in [0.05, 0.1) is 0 Å². The summed E-state index contributed by atoms with van der Waals surface area (Å²) in [4.78, 5) is 4.45. The molecule has 2 aromatic carbocycles. The molecule has 1 heterocycles. The molecular weight excluding hydrogens is 398 g/mol. The van der Waals surface area contributed by atoms with E-state index in [9.17, 15) is 0 Å². The maximum Gasteiger partial charge on any atom is 0.258 e. The molecule has 0 radical (unpaired) electrons. The number of aromatic nitrogens is 2. The first-order chi connectivity index (χ1) is 10.0. The van der Waals surface area contributed by atoms with Gasteiger partial charge < -0.3 is 10.3 Å². The summed E-state index contributed by atoms with van der Waals surface area (Å²) >= 11 is 6.85. The van der Waals surface area contributed by atoms with Gasteiger partial charge in [-0.2, -0.15) is 4.98 Å². The fourth-order valence-corrected chi connectivity index (χ4v) is 3.05. The quantitative estimate of drug-likeness (QED) is 0.617. The normalized spacial score (nSPS) is 10.8. The van der Waals surface area contributed by atoms with Crippen LogP contribution in [0.1, 0.15) is 5.56 Å². The van der Waals surface area contributed by atoms with Gasteiger partial charge in [0.15, 0.2) is 0 Å². The standard InChI is InChI=1S/C15H11Br2N3O/c1-8-4-10(16)2-3-13(8)14-19-15(21-20-14)9-5-11(17)7-12(18)6-9/h2-7H,18H2,1H3. The molecule has 0 fully saturated rings. The highest BCUT2D eigenvalue weighted by Crippen LogP contribution is 2.29. The number of rotatable bonds is 2. The summed E-state index contributed by atoms with van der Waals surface area (Å²) in [5, 5.41) is 4.06. The van der Waals surface area contributed by atoms with Crippen molar-refractivity contribution in [2.24, 2.45) is 0 Å². The molecule has 6 heteroatoms. The lowest BCUT2D eigenvalue weighted by atomic mass is 10.1. The first-order valence-electron chi connectivity index (χ1n) is 6.19. The predicted molar refractivity (Wildman–Crippen MR) is 89.7 cm³/mol. The Morgan fingerprint density at radius 1 is 1.05 bits per heavy atom. The lowest BCUT2D eigenvalue weighted by molar-refractivity contribution is 0.432. The molecule has 2 N–H and O–H groups in total. The number of nitrogens with two attached hydrogens (primary N) is 1. The van der Waals surface area contributed by atoms with Crippen molar-refractivity contribution in [3.8, 4) is 22.8 Å². The summed E-state index contributed by atoms with van der Waals surface area (Å²) < 4.78 is 7.24. The van der Waals surface area contributed by atoms with E-state index in [1.165, 1.54) is 0 Å². The highest BCUT2D eigenvalue weighted by atomic mass is 79.9. The fourth-order valence-electron chi connectivity index (χ4n) is 2.06. The van der Waals surface area contributed by atoms with E-state index in [4.69, 9.17) is 10.3 Å². The van der Waals surface area contributed by atoms with Crippen LogP contribution in [0.3, 0.4) is 0 Å². The third-order valence-corrected chi connectivity index (χ3v) is 3.97. The van der Waals surface area contributed by atoms with Crippen LogP contribution in [-0.2, 0) is 0 Å². The van der Waals surface area contributed by atoms with Gasteiger partial charge in [0, 0.05) is 25.8 Å². The van der Waals surface area contributed by atoms with Crippen molar-refractivity contribution in [2.75, 3.05) is 5.73 Å². The topological polar surface area (TPSA) is 64.9 Å². The second-order valence-corrected chi connectivity index (χ2v) is 6.49. The van der Waals surface area contributed by atoms with E-state index < -0.39 is 0 Å². The van der Waals surface area contributed by atoms with Crippen molar-refractivity contribution in [1.29, 1.82) is 0 Å². The summed E-state index contributed by atoms with van der Waals surface area (Å²) in [6.07, 6.45) is 0. The highest BCUT2D eigenvalue weighted by Gasteiger charge is 2.13. The van der Waals surface area contributed by atoms with E-state index in [0.717, 1.165) is 25.6 Å². The Morgan fingerprint density at radius 2 is 1.86 bits per heavy atom. The zero-order valence-corrected chi connectivity index (χ0v) is 14.3. The van der Waals surface area contributed by atoms with Crippen molar-refractivity contribution >= 4 is 37.5 Å². The van der Waals surface area contributed by atoms with Gasteiger partial charge in [-0.15, -0.1) is 0 Å². The van der Waals surface area contributed by atoms with Crippen LogP contribution < -0.4 is 5.73 Å². The average molecular weight is 409 g/mol. The second-order valence-electron chi connectivity index (χ2n) is 4.66. The average Bonchev–Trinajstić information content (AvgIpc) is 2.87. The van der Waals surface area contributed by atoms with Crippen LogP contribution >= 0.6 is 31.9 Å². The summed E-state index contributed by atoms with van der Waals surface area (Å²) in [6, 6.07) is 11.4.